The van der Waals surface area contributed by atoms with Gasteiger partial charge in [-0.15, -0.1) is 24.2 Å². The van der Waals surface area contributed by atoms with Crippen molar-refractivity contribution in [3.8, 4) is 11.5 Å². The highest BCUT2D eigenvalue weighted by molar-refractivity contribution is 7.99. The number of thioether (sulfide) groups is 1. The molecule has 0 unspecified atom stereocenters. The van der Waals surface area contributed by atoms with E-state index in [2.05, 4.69) is 13.0 Å². The predicted molar refractivity (Wildman–Crippen MR) is 85.2 cm³/mol. The largest absolute Gasteiger partial charge is 0.490 e. The Balaban J connectivity index is 0.00000324. The molecule has 1 aromatic rings. The van der Waals surface area contributed by atoms with Gasteiger partial charge in [-0.05, 0) is 50.3 Å². The highest BCUT2D eigenvalue weighted by Crippen LogP contribution is 2.39. The highest BCUT2D eigenvalue weighted by atomic mass is 35.5. The zero-order valence-corrected chi connectivity index (χ0v) is 13.5. The van der Waals surface area contributed by atoms with Gasteiger partial charge in [-0.2, -0.15) is 0 Å². The van der Waals surface area contributed by atoms with Gasteiger partial charge in [0, 0.05) is 0 Å². The first-order valence-corrected chi connectivity index (χ1v) is 7.50. The summed E-state index contributed by atoms with van der Waals surface area (Å²) in [6.45, 7) is 8.05. The molecular formula is C14H24ClNO2S. The van der Waals surface area contributed by atoms with Crippen LogP contribution in [0, 0.1) is 0 Å². The monoisotopic (exact) mass is 305 g/mol. The van der Waals surface area contributed by atoms with Gasteiger partial charge < -0.3 is 15.2 Å². The molecule has 0 saturated heterocycles. The number of halogens is 1. The van der Waals surface area contributed by atoms with Gasteiger partial charge in [-0.1, -0.05) is 6.92 Å². The van der Waals surface area contributed by atoms with E-state index < -0.39 is 0 Å². The third-order valence-electron chi connectivity index (χ3n) is 2.40. The Hall–Kier alpha value is -0.580. The summed E-state index contributed by atoms with van der Waals surface area (Å²) in [5.41, 5.74) is 6.84. The fraction of sp³-hybridized carbons (Fsp3) is 0.571. The second kappa shape index (κ2) is 10.2. The summed E-state index contributed by atoms with van der Waals surface area (Å²) in [6.07, 6.45) is 0.865. The quantitative estimate of drug-likeness (QED) is 0.746. The number of hydrogen-bond acceptors (Lipinski definition) is 4. The number of hydrogen-bond donors (Lipinski definition) is 1. The van der Waals surface area contributed by atoms with Crippen molar-refractivity contribution in [2.24, 2.45) is 5.73 Å². The van der Waals surface area contributed by atoms with E-state index in [0.717, 1.165) is 28.6 Å². The van der Waals surface area contributed by atoms with Crippen molar-refractivity contribution >= 4 is 24.2 Å². The Morgan fingerprint density at radius 3 is 2.32 bits per heavy atom. The van der Waals surface area contributed by atoms with Crippen molar-refractivity contribution in [3.05, 3.63) is 17.7 Å². The van der Waals surface area contributed by atoms with Crippen molar-refractivity contribution < 1.29 is 9.47 Å². The molecule has 0 aliphatic carbocycles. The predicted octanol–water partition coefficient (Wildman–Crippen LogP) is 3.52. The van der Waals surface area contributed by atoms with E-state index in [4.69, 9.17) is 15.2 Å². The lowest BCUT2D eigenvalue weighted by atomic mass is 10.1. The molecule has 1 aromatic carbocycles. The van der Waals surface area contributed by atoms with Crippen molar-refractivity contribution in [1.82, 2.24) is 0 Å². The fourth-order valence-corrected chi connectivity index (χ4v) is 2.59. The molecule has 0 radical (unpaired) electrons. The molecule has 0 amide bonds. The zero-order chi connectivity index (χ0) is 13.4. The average molecular weight is 306 g/mol. The maximum Gasteiger partial charge on any atom is 0.174 e. The first kappa shape index (κ1) is 18.4. The molecule has 1 rings (SSSR count). The number of rotatable bonds is 8. The van der Waals surface area contributed by atoms with Crippen molar-refractivity contribution in [2.75, 3.05) is 25.5 Å². The molecule has 0 spiro atoms. The molecule has 0 aliphatic heterocycles. The van der Waals surface area contributed by atoms with Crippen LogP contribution in [0.3, 0.4) is 0 Å². The lowest BCUT2D eigenvalue weighted by molar-refractivity contribution is 0.282. The van der Waals surface area contributed by atoms with Crippen LogP contribution in [0.4, 0.5) is 0 Å². The maximum atomic E-state index is 5.73. The standard InChI is InChI=1S/C14H23NO2S.ClH/c1-4-16-12-9-11(7-8-15)10-13(18-6-3)14(12)17-5-2;/h9-10H,4-8,15H2,1-3H3;1H. The van der Waals surface area contributed by atoms with Crippen molar-refractivity contribution in [3.63, 3.8) is 0 Å². The van der Waals surface area contributed by atoms with Gasteiger partial charge in [0.2, 0.25) is 0 Å². The summed E-state index contributed by atoms with van der Waals surface area (Å²) >= 11 is 1.78. The van der Waals surface area contributed by atoms with Crippen LogP contribution in [0.5, 0.6) is 11.5 Å². The molecular weight excluding hydrogens is 282 g/mol. The average Bonchev–Trinajstić information content (AvgIpc) is 2.34. The van der Waals surface area contributed by atoms with Gasteiger partial charge in [0.25, 0.3) is 0 Å². The van der Waals surface area contributed by atoms with Gasteiger partial charge in [0.15, 0.2) is 11.5 Å². The minimum atomic E-state index is 0. The lowest BCUT2D eigenvalue weighted by Crippen LogP contribution is -2.05. The normalized spacial score (nSPS) is 9.89. The van der Waals surface area contributed by atoms with Gasteiger partial charge in [-0.3, -0.25) is 0 Å². The third kappa shape index (κ3) is 5.51. The van der Waals surface area contributed by atoms with Gasteiger partial charge in [0.05, 0.1) is 18.1 Å². The van der Waals surface area contributed by atoms with Gasteiger partial charge in [0.1, 0.15) is 0 Å². The summed E-state index contributed by atoms with van der Waals surface area (Å²) in [7, 11) is 0. The SMILES string of the molecule is CCOc1cc(CCN)cc(SCC)c1OCC.Cl. The molecule has 110 valence electrons. The highest BCUT2D eigenvalue weighted by Gasteiger charge is 2.13. The maximum absolute atomic E-state index is 5.73. The van der Waals surface area contributed by atoms with E-state index >= 15 is 0 Å². The lowest BCUT2D eigenvalue weighted by Gasteiger charge is -2.16. The molecule has 2 N–H and O–H groups in total. The Kier molecular flexibility index (Phi) is 9.92. The van der Waals surface area contributed by atoms with Gasteiger partial charge >= 0.3 is 0 Å². The third-order valence-corrected chi connectivity index (χ3v) is 3.30. The van der Waals surface area contributed by atoms with E-state index in [-0.39, 0.29) is 12.4 Å². The van der Waals surface area contributed by atoms with Crippen molar-refractivity contribution in [1.29, 1.82) is 0 Å². The summed E-state index contributed by atoms with van der Waals surface area (Å²) < 4.78 is 11.4. The Bertz CT molecular complexity index is 347. The second-order valence-electron chi connectivity index (χ2n) is 3.76. The van der Waals surface area contributed by atoms with Crippen LogP contribution < -0.4 is 15.2 Å². The van der Waals surface area contributed by atoms with E-state index in [9.17, 15) is 0 Å². The molecule has 0 aliphatic rings. The molecule has 0 saturated carbocycles. The minimum Gasteiger partial charge on any atom is -0.490 e. The zero-order valence-electron chi connectivity index (χ0n) is 11.9. The van der Waals surface area contributed by atoms with Crippen LogP contribution >= 0.6 is 24.2 Å². The van der Waals surface area contributed by atoms with Crippen LogP contribution in [0.15, 0.2) is 17.0 Å². The fourth-order valence-electron chi connectivity index (χ4n) is 1.75. The molecule has 19 heavy (non-hydrogen) atoms. The van der Waals surface area contributed by atoms with Crippen LogP contribution in [0.1, 0.15) is 26.3 Å². The first-order chi connectivity index (χ1) is 8.76. The molecule has 0 bridgehead atoms. The smallest absolute Gasteiger partial charge is 0.174 e. The van der Waals surface area contributed by atoms with Crippen LogP contribution in [0.25, 0.3) is 0 Å². The van der Waals surface area contributed by atoms with Crippen LogP contribution in [-0.2, 0) is 6.42 Å². The summed E-state index contributed by atoms with van der Waals surface area (Å²) in [5.74, 6) is 2.71. The summed E-state index contributed by atoms with van der Waals surface area (Å²) in [5, 5.41) is 0. The Labute approximate surface area is 126 Å². The number of ether oxygens (including phenoxy) is 2. The van der Waals surface area contributed by atoms with E-state index in [0.29, 0.717) is 19.8 Å². The molecule has 0 fully saturated rings. The topological polar surface area (TPSA) is 44.5 Å². The van der Waals surface area contributed by atoms with E-state index in [1.54, 1.807) is 11.8 Å². The minimum absolute atomic E-state index is 0. The van der Waals surface area contributed by atoms with E-state index in [1.807, 2.05) is 19.9 Å². The molecule has 5 heteroatoms. The van der Waals surface area contributed by atoms with Crippen molar-refractivity contribution in [2.45, 2.75) is 32.1 Å². The second-order valence-corrected chi connectivity index (χ2v) is 5.06. The van der Waals surface area contributed by atoms with Crippen LogP contribution in [-0.4, -0.2) is 25.5 Å². The molecule has 0 aromatic heterocycles. The first-order valence-electron chi connectivity index (χ1n) is 6.52. The summed E-state index contributed by atoms with van der Waals surface area (Å²) in [4.78, 5) is 1.15. The van der Waals surface area contributed by atoms with Crippen LogP contribution in [0.2, 0.25) is 0 Å². The van der Waals surface area contributed by atoms with Gasteiger partial charge in [-0.25, -0.2) is 0 Å². The molecule has 0 heterocycles. The molecule has 0 atom stereocenters. The number of nitrogens with two attached hydrogens (primary N) is 1. The summed E-state index contributed by atoms with van der Waals surface area (Å²) in [6, 6.07) is 4.20. The molecule has 3 nitrogen and oxygen atoms in total. The number of benzene rings is 1. The Morgan fingerprint density at radius 1 is 1.11 bits per heavy atom. The van der Waals surface area contributed by atoms with E-state index in [1.165, 1.54) is 5.56 Å². The Morgan fingerprint density at radius 2 is 1.79 bits per heavy atom.